The maximum Gasteiger partial charge on any atom is 0.0588 e. The molecule has 4 nitrogen and oxygen atoms in total. The standard InChI is InChI=1S/C12H17N3.C11H15NS.C4H8.C2H6/c1-9(2)11(4)13-6-10(3)12-7-14-15(5)8-12;1-8-11(9(2)13-12-8)10-6-4-3-5-7-10;1-3-4-2;1-2/h6-8H,1H2,2-5H3;6H,3-5,7H2,1-2H3;3-4H,1-2H3;1-2H3/b10-6+,13-11?;;4-3-;. The first-order chi connectivity index (χ1) is 16.2. The minimum atomic E-state index is 0.957. The van der Waals surface area contributed by atoms with Crippen molar-refractivity contribution in [2.45, 2.75) is 88.0 Å². The van der Waals surface area contributed by atoms with Crippen LogP contribution in [0.15, 0.2) is 54.0 Å². The smallest absolute Gasteiger partial charge is 0.0588 e. The van der Waals surface area contributed by atoms with Crippen LogP contribution in [0.5, 0.6) is 0 Å². The molecule has 0 N–H and O–H groups in total. The first-order valence-corrected chi connectivity index (χ1v) is 13.0. The molecule has 2 aromatic heterocycles. The summed E-state index contributed by atoms with van der Waals surface area (Å²) < 4.78 is 6.17. The average Bonchev–Trinajstić information content (AvgIpc) is 3.44. The van der Waals surface area contributed by atoms with E-state index < -0.39 is 0 Å². The van der Waals surface area contributed by atoms with Crippen LogP contribution < -0.4 is 0 Å². The third-order valence-electron chi connectivity index (χ3n) is 5.21. The molecule has 2 heterocycles. The Labute approximate surface area is 213 Å². The second-order valence-electron chi connectivity index (χ2n) is 8.05. The zero-order valence-corrected chi connectivity index (χ0v) is 24.0. The quantitative estimate of drug-likeness (QED) is 0.322. The molecule has 0 amide bonds. The largest absolute Gasteiger partial charge is 0.275 e. The van der Waals surface area contributed by atoms with Gasteiger partial charge < -0.3 is 0 Å². The highest BCUT2D eigenvalue weighted by atomic mass is 32.1. The Morgan fingerprint density at radius 1 is 1.12 bits per heavy atom. The van der Waals surface area contributed by atoms with Crippen molar-refractivity contribution in [3.63, 3.8) is 0 Å². The third kappa shape index (κ3) is 11.6. The number of allylic oxidation sites excluding steroid dienone is 6. The summed E-state index contributed by atoms with van der Waals surface area (Å²) in [6.07, 6.45) is 17.3. The average molecular weight is 483 g/mol. The summed E-state index contributed by atoms with van der Waals surface area (Å²) >= 11 is 1.63. The summed E-state index contributed by atoms with van der Waals surface area (Å²) in [6.45, 7) is 22.1. The van der Waals surface area contributed by atoms with Crippen molar-refractivity contribution in [2.24, 2.45) is 12.0 Å². The summed E-state index contributed by atoms with van der Waals surface area (Å²) in [6, 6.07) is 0. The van der Waals surface area contributed by atoms with E-state index in [9.17, 15) is 0 Å². The molecule has 1 aliphatic carbocycles. The topological polar surface area (TPSA) is 43.1 Å². The molecule has 0 radical (unpaired) electrons. The molecule has 2 aromatic rings. The summed E-state index contributed by atoms with van der Waals surface area (Å²) in [4.78, 5) is 5.71. The van der Waals surface area contributed by atoms with Gasteiger partial charge in [0.2, 0.25) is 0 Å². The molecule has 0 aromatic carbocycles. The van der Waals surface area contributed by atoms with Crippen molar-refractivity contribution in [1.82, 2.24) is 14.2 Å². The second-order valence-corrected chi connectivity index (χ2v) is 9.03. The lowest BCUT2D eigenvalue weighted by Gasteiger charge is -2.12. The highest BCUT2D eigenvalue weighted by Gasteiger charge is 2.13. The van der Waals surface area contributed by atoms with Crippen LogP contribution in [0.25, 0.3) is 11.1 Å². The van der Waals surface area contributed by atoms with Crippen LogP contribution in [-0.2, 0) is 7.05 Å². The van der Waals surface area contributed by atoms with E-state index in [1.807, 2.05) is 86.3 Å². The molecule has 34 heavy (non-hydrogen) atoms. The minimum absolute atomic E-state index is 0.957. The van der Waals surface area contributed by atoms with E-state index in [-0.39, 0.29) is 0 Å². The SMILES string of the molecule is C/C=C\C.C=C(C)C(C)=N/C=C(\C)c1cnn(C)c1.CC.Cc1nsc(C)c1C1=CCCCC1. The Morgan fingerprint density at radius 3 is 2.18 bits per heavy atom. The van der Waals surface area contributed by atoms with Gasteiger partial charge in [-0.1, -0.05) is 38.7 Å². The lowest BCUT2D eigenvalue weighted by molar-refractivity contribution is 0.741. The van der Waals surface area contributed by atoms with Crippen molar-refractivity contribution in [1.29, 1.82) is 0 Å². The third-order valence-corrected chi connectivity index (χ3v) is 6.05. The summed E-state index contributed by atoms with van der Waals surface area (Å²) in [5.41, 5.74) is 8.33. The minimum Gasteiger partial charge on any atom is -0.275 e. The van der Waals surface area contributed by atoms with Crippen molar-refractivity contribution in [3.8, 4) is 0 Å². The molecule has 0 saturated carbocycles. The molecule has 0 spiro atoms. The van der Waals surface area contributed by atoms with Crippen molar-refractivity contribution in [3.05, 3.63) is 70.7 Å². The molecule has 0 bridgehead atoms. The fraction of sp³-hybridized carbons (Fsp3) is 0.483. The fourth-order valence-corrected chi connectivity index (χ4v) is 3.75. The zero-order chi connectivity index (χ0) is 26.1. The summed E-state index contributed by atoms with van der Waals surface area (Å²) in [7, 11) is 1.90. The molecule has 1 aliphatic rings. The van der Waals surface area contributed by atoms with Crippen LogP contribution in [-0.4, -0.2) is 19.9 Å². The van der Waals surface area contributed by atoms with E-state index in [0.717, 1.165) is 22.4 Å². The number of rotatable bonds is 4. The van der Waals surface area contributed by atoms with Crippen molar-refractivity contribution >= 4 is 28.4 Å². The van der Waals surface area contributed by atoms with E-state index in [1.165, 1.54) is 47.4 Å². The van der Waals surface area contributed by atoms with Gasteiger partial charge in [-0.2, -0.15) is 9.47 Å². The summed E-state index contributed by atoms with van der Waals surface area (Å²) in [5, 5.41) is 4.11. The van der Waals surface area contributed by atoms with Gasteiger partial charge in [0.25, 0.3) is 0 Å². The van der Waals surface area contributed by atoms with Crippen LogP contribution >= 0.6 is 11.5 Å². The maximum atomic E-state index is 4.39. The van der Waals surface area contributed by atoms with Crippen LogP contribution in [0.1, 0.15) is 95.8 Å². The first-order valence-electron chi connectivity index (χ1n) is 12.3. The number of aliphatic imine (C=N–C) groups is 1. The van der Waals surface area contributed by atoms with Gasteiger partial charge in [-0.25, -0.2) is 0 Å². The van der Waals surface area contributed by atoms with Gasteiger partial charge in [0.15, 0.2) is 0 Å². The lowest BCUT2D eigenvalue weighted by atomic mass is 9.93. The first kappa shape index (κ1) is 31.5. The predicted octanol–water partition coefficient (Wildman–Crippen LogP) is 9.14. The van der Waals surface area contributed by atoms with Gasteiger partial charge >= 0.3 is 0 Å². The molecule has 0 unspecified atom stereocenters. The highest BCUT2D eigenvalue weighted by Crippen LogP contribution is 2.32. The van der Waals surface area contributed by atoms with E-state index in [4.69, 9.17) is 0 Å². The van der Waals surface area contributed by atoms with Gasteiger partial charge in [-0.15, -0.1) is 0 Å². The molecule has 3 rings (SSSR count). The molecule has 188 valence electrons. The molecule has 0 saturated heterocycles. The van der Waals surface area contributed by atoms with Crippen LogP contribution in [0, 0.1) is 13.8 Å². The number of hydrogen-bond acceptors (Lipinski definition) is 4. The second kappa shape index (κ2) is 17.9. The Bertz CT molecular complexity index is 960. The number of hydrogen-bond donors (Lipinski definition) is 0. The van der Waals surface area contributed by atoms with Gasteiger partial charge in [0.1, 0.15) is 0 Å². The predicted molar refractivity (Wildman–Crippen MR) is 155 cm³/mol. The summed E-state index contributed by atoms with van der Waals surface area (Å²) in [5.74, 6) is 0. The lowest BCUT2D eigenvalue weighted by Crippen LogP contribution is -1.93. The Balaban J connectivity index is 0.000000524. The van der Waals surface area contributed by atoms with E-state index in [2.05, 4.69) is 41.0 Å². The Hall–Kier alpha value is -2.53. The van der Waals surface area contributed by atoms with Crippen LogP contribution in [0.4, 0.5) is 0 Å². The molecular formula is C29H46N4S. The molecular weight excluding hydrogens is 436 g/mol. The van der Waals surface area contributed by atoms with Gasteiger partial charge in [0.05, 0.1) is 11.9 Å². The normalized spacial score (nSPS) is 13.6. The number of nitrogens with zero attached hydrogens (tertiary/aromatic N) is 4. The van der Waals surface area contributed by atoms with E-state index in [0.29, 0.717) is 0 Å². The van der Waals surface area contributed by atoms with E-state index >= 15 is 0 Å². The van der Waals surface area contributed by atoms with Crippen LogP contribution in [0.3, 0.4) is 0 Å². The molecule has 0 aliphatic heterocycles. The van der Waals surface area contributed by atoms with Gasteiger partial charge in [-0.05, 0) is 102 Å². The molecule has 5 heteroatoms. The van der Waals surface area contributed by atoms with Crippen molar-refractivity contribution in [2.75, 3.05) is 0 Å². The van der Waals surface area contributed by atoms with E-state index in [1.54, 1.807) is 16.2 Å². The monoisotopic (exact) mass is 482 g/mol. The highest BCUT2D eigenvalue weighted by molar-refractivity contribution is 7.06. The maximum absolute atomic E-state index is 4.39. The van der Waals surface area contributed by atoms with Crippen LogP contribution in [0.2, 0.25) is 0 Å². The number of aromatic nitrogens is 3. The molecule has 0 fully saturated rings. The van der Waals surface area contributed by atoms with Gasteiger partial charge in [0, 0.05) is 41.2 Å². The van der Waals surface area contributed by atoms with Gasteiger partial charge in [-0.3, -0.25) is 9.67 Å². The Morgan fingerprint density at radius 2 is 1.76 bits per heavy atom. The fourth-order valence-electron chi connectivity index (χ4n) is 3.01. The molecule has 0 atom stereocenters. The zero-order valence-electron chi connectivity index (χ0n) is 23.2. The Kier molecular flexibility index (Phi) is 16.6. The van der Waals surface area contributed by atoms with Crippen molar-refractivity contribution < 1.29 is 0 Å². The number of aryl methyl sites for hydroxylation is 3.